The van der Waals surface area contributed by atoms with Gasteiger partial charge in [0.1, 0.15) is 0 Å². The molecule has 0 rings (SSSR count). The first-order valence-electron chi connectivity index (χ1n) is 14.3. The summed E-state index contributed by atoms with van der Waals surface area (Å²) in [5.41, 5.74) is 0. The highest BCUT2D eigenvalue weighted by molar-refractivity contribution is 4.98. The molecule has 0 aliphatic carbocycles. The molecule has 0 fully saturated rings. The van der Waals surface area contributed by atoms with Gasteiger partial charge in [-0.15, -0.1) is 11.8 Å². The molecule has 0 aromatic rings. The predicted octanol–water partition coefficient (Wildman–Crippen LogP) is 11.0. The van der Waals surface area contributed by atoms with Gasteiger partial charge in [-0.3, -0.25) is 0 Å². The van der Waals surface area contributed by atoms with E-state index in [1.807, 2.05) is 0 Å². The van der Waals surface area contributed by atoms with E-state index in [-0.39, 0.29) is 0 Å². The Bertz CT molecular complexity index is 358. The molecule has 0 heterocycles. The predicted molar refractivity (Wildman–Crippen MR) is 139 cm³/mol. The van der Waals surface area contributed by atoms with Gasteiger partial charge in [-0.1, -0.05) is 149 Å². The summed E-state index contributed by atoms with van der Waals surface area (Å²) in [5, 5.41) is 0. The molecular formula is C30H58. The van der Waals surface area contributed by atoms with Crippen LogP contribution in [0.25, 0.3) is 0 Å². The number of hydrogen-bond acceptors (Lipinski definition) is 0. The molecule has 1 atom stereocenters. The van der Waals surface area contributed by atoms with Crippen molar-refractivity contribution >= 4 is 0 Å². The van der Waals surface area contributed by atoms with Crippen LogP contribution in [0.15, 0.2) is 0 Å². The normalized spacial score (nSPS) is 12.0. The third kappa shape index (κ3) is 23.8. The van der Waals surface area contributed by atoms with Gasteiger partial charge in [0.2, 0.25) is 0 Å². The number of hydrogen-bond donors (Lipinski definition) is 0. The molecule has 0 radical (unpaired) electrons. The van der Waals surface area contributed by atoms with Gasteiger partial charge in [0.25, 0.3) is 0 Å². The molecule has 0 spiro atoms. The van der Waals surface area contributed by atoms with E-state index in [9.17, 15) is 0 Å². The van der Waals surface area contributed by atoms with Gasteiger partial charge >= 0.3 is 0 Å². The monoisotopic (exact) mass is 418 g/mol. The van der Waals surface area contributed by atoms with E-state index in [0.29, 0.717) is 0 Å². The molecule has 178 valence electrons. The highest BCUT2D eigenvalue weighted by Crippen LogP contribution is 2.21. The fraction of sp³-hybridized carbons (Fsp3) is 0.933. The van der Waals surface area contributed by atoms with E-state index < -0.39 is 0 Å². The van der Waals surface area contributed by atoms with Crippen molar-refractivity contribution in [3.05, 3.63) is 0 Å². The summed E-state index contributed by atoms with van der Waals surface area (Å²) in [4.78, 5) is 0. The summed E-state index contributed by atoms with van der Waals surface area (Å²) in [5.74, 6) is 7.77. The molecule has 0 aromatic carbocycles. The maximum absolute atomic E-state index is 3.40. The minimum absolute atomic E-state index is 0.992. The minimum Gasteiger partial charge on any atom is -0.103 e. The molecule has 0 aliphatic rings. The second kappa shape index (κ2) is 26.6. The highest BCUT2D eigenvalue weighted by atomic mass is 14.1. The van der Waals surface area contributed by atoms with Gasteiger partial charge in [-0.25, -0.2) is 0 Å². The fourth-order valence-corrected chi connectivity index (χ4v) is 4.47. The van der Waals surface area contributed by atoms with Crippen molar-refractivity contribution in [2.45, 2.75) is 175 Å². The van der Waals surface area contributed by atoms with Crippen LogP contribution in [-0.4, -0.2) is 0 Å². The smallest absolute Gasteiger partial charge is 0.00886 e. The Morgan fingerprint density at radius 3 is 1.10 bits per heavy atom. The third-order valence-corrected chi connectivity index (χ3v) is 6.74. The van der Waals surface area contributed by atoms with E-state index in [1.54, 1.807) is 0 Å². The molecule has 0 saturated heterocycles. The van der Waals surface area contributed by atoms with Crippen LogP contribution in [0.3, 0.4) is 0 Å². The van der Waals surface area contributed by atoms with Crippen molar-refractivity contribution < 1.29 is 0 Å². The van der Waals surface area contributed by atoms with E-state index in [0.717, 1.165) is 18.8 Å². The van der Waals surface area contributed by atoms with Gasteiger partial charge in [-0.2, -0.15) is 0 Å². The largest absolute Gasteiger partial charge is 0.103 e. The molecular weight excluding hydrogens is 360 g/mol. The zero-order valence-electron chi connectivity index (χ0n) is 21.5. The summed E-state index contributed by atoms with van der Waals surface area (Å²) in [6, 6.07) is 0. The SMILES string of the molecule is CCCCCCCC#CCCCCCCC(CC)CCCCCCCCCCCC. The average Bonchev–Trinajstić information content (AvgIpc) is 2.76. The zero-order chi connectivity index (χ0) is 22.0. The van der Waals surface area contributed by atoms with Crippen LogP contribution in [0.4, 0.5) is 0 Å². The first kappa shape index (κ1) is 29.6. The van der Waals surface area contributed by atoms with Gasteiger partial charge < -0.3 is 0 Å². The van der Waals surface area contributed by atoms with E-state index in [2.05, 4.69) is 32.6 Å². The molecule has 0 heteroatoms. The summed E-state index contributed by atoms with van der Waals surface area (Å²) < 4.78 is 0. The molecule has 0 aromatic heterocycles. The van der Waals surface area contributed by atoms with Crippen molar-refractivity contribution in [2.75, 3.05) is 0 Å². The summed E-state index contributed by atoms with van der Waals surface area (Å²) in [7, 11) is 0. The number of unbranched alkanes of at least 4 members (excludes halogenated alkanes) is 18. The Hall–Kier alpha value is -0.440. The van der Waals surface area contributed by atoms with Crippen LogP contribution in [0, 0.1) is 17.8 Å². The topological polar surface area (TPSA) is 0 Å². The zero-order valence-corrected chi connectivity index (χ0v) is 21.5. The molecule has 0 aliphatic heterocycles. The van der Waals surface area contributed by atoms with Crippen molar-refractivity contribution in [1.29, 1.82) is 0 Å². The quantitative estimate of drug-likeness (QED) is 0.114. The standard InChI is InChI=1S/C30H58/c1-4-7-9-11-13-15-17-18-19-21-23-25-27-29-30(6-3)28-26-24-22-20-16-14-12-10-8-5-2/h30H,4-16,19-29H2,1-3H3. The second-order valence-corrected chi connectivity index (χ2v) is 9.72. The van der Waals surface area contributed by atoms with Crippen LogP contribution in [0.5, 0.6) is 0 Å². The van der Waals surface area contributed by atoms with Gasteiger partial charge in [0.05, 0.1) is 0 Å². The van der Waals surface area contributed by atoms with Crippen LogP contribution < -0.4 is 0 Å². The summed E-state index contributed by atoms with van der Waals surface area (Å²) in [6.45, 7) is 6.98. The molecule has 0 nitrogen and oxygen atoms in total. The van der Waals surface area contributed by atoms with Gasteiger partial charge in [-0.05, 0) is 18.8 Å². The summed E-state index contributed by atoms with van der Waals surface area (Å²) >= 11 is 0. The maximum atomic E-state index is 3.40. The van der Waals surface area contributed by atoms with Crippen LogP contribution in [-0.2, 0) is 0 Å². The van der Waals surface area contributed by atoms with Gasteiger partial charge in [0.15, 0.2) is 0 Å². The second-order valence-electron chi connectivity index (χ2n) is 9.72. The Balaban J connectivity index is 3.36. The van der Waals surface area contributed by atoms with Crippen molar-refractivity contribution in [1.82, 2.24) is 0 Å². The Labute approximate surface area is 192 Å². The van der Waals surface area contributed by atoms with Crippen molar-refractivity contribution in [3.8, 4) is 11.8 Å². The molecule has 30 heavy (non-hydrogen) atoms. The Morgan fingerprint density at radius 2 is 0.733 bits per heavy atom. The third-order valence-electron chi connectivity index (χ3n) is 6.74. The van der Waals surface area contributed by atoms with Crippen LogP contribution >= 0.6 is 0 Å². The lowest BCUT2D eigenvalue weighted by Crippen LogP contribution is -1.99. The molecule has 0 saturated carbocycles. The molecule has 0 bridgehead atoms. The van der Waals surface area contributed by atoms with Crippen molar-refractivity contribution in [3.63, 3.8) is 0 Å². The lowest BCUT2D eigenvalue weighted by atomic mass is 9.92. The van der Waals surface area contributed by atoms with Crippen molar-refractivity contribution in [2.24, 2.45) is 5.92 Å². The molecule has 1 unspecified atom stereocenters. The number of rotatable bonds is 23. The molecule has 0 N–H and O–H groups in total. The summed E-state index contributed by atoms with van der Waals surface area (Å²) in [6.07, 6.45) is 33.6. The average molecular weight is 419 g/mol. The van der Waals surface area contributed by atoms with Crippen LogP contribution in [0.1, 0.15) is 175 Å². The lowest BCUT2D eigenvalue weighted by molar-refractivity contribution is 0.393. The first-order valence-corrected chi connectivity index (χ1v) is 14.3. The molecule has 0 amide bonds. The van der Waals surface area contributed by atoms with E-state index in [1.165, 1.54) is 141 Å². The minimum atomic E-state index is 0.992. The van der Waals surface area contributed by atoms with Crippen LogP contribution in [0.2, 0.25) is 0 Å². The van der Waals surface area contributed by atoms with E-state index >= 15 is 0 Å². The first-order chi connectivity index (χ1) is 14.8. The Morgan fingerprint density at radius 1 is 0.400 bits per heavy atom. The highest BCUT2D eigenvalue weighted by Gasteiger charge is 2.05. The van der Waals surface area contributed by atoms with Gasteiger partial charge in [0, 0.05) is 12.8 Å². The van der Waals surface area contributed by atoms with E-state index in [4.69, 9.17) is 0 Å². The Kier molecular flexibility index (Phi) is 26.2. The maximum Gasteiger partial charge on any atom is 0.00886 e. The lowest BCUT2D eigenvalue weighted by Gasteiger charge is -2.14. The fourth-order valence-electron chi connectivity index (χ4n) is 4.47.